The van der Waals surface area contributed by atoms with Crippen molar-refractivity contribution in [2.45, 2.75) is 18.9 Å². The second kappa shape index (κ2) is 5.31. The highest BCUT2D eigenvalue weighted by atomic mass is 79.9. The van der Waals surface area contributed by atoms with Crippen molar-refractivity contribution in [1.82, 2.24) is 5.32 Å². The van der Waals surface area contributed by atoms with Gasteiger partial charge in [0.25, 0.3) is 0 Å². The molecule has 1 N–H and O–H groups in total. The topological polar surface area (TPSA) is 55.4 Å². The number of halogens is 1. The van der Waals surface area contributed by atoms with E-state index in [1.165, 1.54) is 0 Å². The fourth-order valence-electron chi connectivity index (χ4n) is 1.69. The van der Waals surface area contributed by atoms with Gasteiger partial charge in [-0.3, -0.25) is 4.79 Å². The summed E-state index contributed by atoms with van der Waals surface area (Å²) in [5.41, 5.74) is 0.899. The highest BCUT2D eigenvalue weighted by Crippen LogP contribution is 2.16. The number of esters is 1. The van der Waals surface area contributed by atoms with Crippen LogP contribution in [0.25, 0.3) is 0 Å². The summed E-state index contributed by atoms with van der Waals surface area (Å²) in [6.07, 6.45) is 0.811. The van der Waals surface area contributed by atoms with E-state index in [1.54, 1.807) is 0 Å². The Morgan fingerprint density at radius 1 is 1.47 bits per heavy atom. The summed E-state index contributed by atoms with van der Waals surface area (Å²) in [6.45, 7) is 0.388. The lowest BCUT2D eigenvalue weighted by molar-refractivity contribution is -0.141. The smallest absolute Gasteiger partial charge is 0.328 e. The van der Waals surface area contributed by atoms with Crippen LogP contribution in [0.5, 0.6) is 0 Å². The molecule has 0 radical (unpaired) electrons. The summed E-state index contributed by atoms with van der Waals surface area (Å²) >= 11 is 3.38. The molecule has 0 aliphatic carbocycles. The Kier molecular flexibility index (Phi) is 3.78. The zero-order chi connectivity index (χ0) is 12.3. The molecular weight excluding hydrogens is 286 g/mol. The largest absolute Gasteiger partial charge is 0.464 e. The summed E-state index contributed by atoms with van der Waals surface area (Å²) in [6, 6.07) is 7.03. The van der Waals surface area contributed by atoms with Gasteiger partial charge < -0.3 is 10.1 Å². The van der Waals surface area contributed by atoms with Gasteiger partial charge in [-0.15, -0.1) is 0 Å². The first-order valence-electron chi connectivity index (χ1n) is 5.36. The molecular formula is C12H12BrNO3. The summed E-state index contributed by atoms with van der Waals surface area (Å²) in [7, 11) is 0. The van der Waals surface area contributed by atoms with Gasteiger partial charge in [0.15, 0.2) is 0 Å². The zero-order valence-corrected chi connectivity index (χ0v) is 10.7. The number of nitrogens with one attached hydrogen (secondary N) is 1. The molecule has 1 saturated heterocycles. The maximum atomic E-state index is 11.7. The van der Waals surface area contributed by atoms with Crippen LogP contribution in [-0.4, -0.2) is 24.5 Å². The molecule has 1 atom stereocenters. The van der Waals surface area contributed by atoms with Crippen molar-refractivity contribution in [2.24, 2.45) is 0 Å². The average molecular weight is 298 g/mol. The number of carbonyl (C=O) groups is 2. The molecule has 1 aliphatic heterocycles. The molecule has 2 rings (SSSR count). The molecule has 90 valence electrons. The maximum absolute atomic E-state index is 11.7. The minimum atomic E-state index is -0.481. The van der Waals surface area contributed by atoms with E-state index in [0.29, 0.717) is 13.0 Å². The molecule has 1 heterocycles. The van der Waals surface area contributed by atoms with Gasteiger partial charge in [-0.2, -0.15) is 0 Å². The third-order valence-electron chi connectivity index (χ3n) is 2.58. The molecule has 0 spiro atoms. The molecule has 1 amide bonds. The van der Waals surface area contributed by atoms with Crippen LogP contribution in [0.2, 0.25) is 0 Å². The normalized spacial score (nSPS) is 18.9. The fourth-order valence-corrected chi connectivity index (χ4v) is 2.11. The average Bonchev–Trinajstić information content (AvgIpc) is 2.68. The van der Waals surface area contributed by atoms with Crippen molar-refractivity contribution in [3.8, 4) is 0 Å². The van der Waals surface area contributed by atoms with Crippen molar-refractivity contribution >= 4 is 27.8 Å². The van der Waals surface area contributed by atoms with E-state index in [9.17, 15) is 9.59 Å². The van der Waals surface area contributed by atoms with Gasteiger partial charge in [0.1, 0.15) is 6.04 Å². The summed E-state index contributed by atoms with van der Waals surface area (Å²) in [5.74, 6) is -0.508. The summed E-state index contributed by atoms with van der Waals surface area (Å²) in [5, 5.41) is 2.67. The molecule has 5 heteroatoms. The molecule has 1 fully saturated rings. The Bertz CT molecular complexity index is 447. The molecule has 0 saturated carbocycles. The molecule has 1 aliphatic rings. The second-order valence-electron chi connectivity index (χ2n) is 3.84. The molecule has 4 nitrogen and oxygen atoms in total. The van der Waals surface area contributed by atoms with Crippen LogP contribution in [-0.2, 0) is 20.7 Å². The number of carbonyl (C=O) groups excluding carboxylic acids is 2. The van der Waals surface area contributed by atoms with Gasteiger partial charge >= 0.3 is 5.97 Å². The van der Waals surface area contributed by atoms with Gasteiger partial charge in [0.2, 0.25) is 5.91 Å². The molecule has 0 unspecified atom stereocenters. The number of benzene rings is 1. The number of hydrogen-bond donors (Lipinski definition) is 1. The molecule has 0 aromatic heterocycles. The molecule has 0 bridgehead atoms. The van der Waals surface area contributed by atoms with Crippen molar-refractivity contribution in [3.05, 3.63) is 34.3 Å². The van der Waals surface area contributed by atoms with Crippen molar-refractivity contribution in [3.63, 3.8) is 0 Å². The van der Waals surface area contributed by atoms with E-state index < -0.39 is 6.04 Å². The van der Waals surface area contributed by atoms with E-state index in [2.05, 4.69) is 21.2 Å². The van der Waals surface area contributed by atoms with E-state index in [-0.39, 0.29) is 18.3 Å². The van der Waals surface area contributed by atoms with Crippen LogP contribution < -0.4 is 5.32 Å². The first kappa shape index (κ1) is 12.1. The van der Waals surface area contributed by atoms with E-state index in [1.807, 2.05) is 24.3 Å². The van der Waals surface area contributed by atoms with E-state index in [4.69, 9.17) is 4.74 Å². The number of cyclic esters (lactones) is 1. The summed E-state index contributed by atoms with van der Waals surface area (Å²) in [4.78, 5) is 22.9. The highest BCUT2D eigenvalue weighted by Gasteiger charge is 2.27. The quantitative estimate of drug-likeness (QED) is 0.859. The van der Waals surface area contributed by atoms with Gasteiger partial charge in [-0.1, -0.05) is 34.1 Å². The first-order chi connectivity index (χ1) is 8.16. The van der Waals surface area contributed by atoms with Crippen molar-refractivity contribution < 1.29 is 14.3 Å². The Labute approximate surface area is 107 Å². The SMILES string of the molecule is O=C(Cc1ccccc1Br)N[C@@H]1CCOC1=O. The van der Waals surface area contributed by atoms with Gasteiger partial charge in [-0.25, -0.2) is 4.79 Å². The minimum absolute atomic E-state index is 0.166. The number of rotatable bonds is 3. The van der Waals surface area contributed by atoms with Crippen LogP contribution in [0.1, 0.15) is 12.0 Å². The monoisotopic (exact) mass is 297 g/mol. The lowest BCUT2D eigenvalue weighted by atomic mass is 10.1. The van der Waals surface area contributed by atoms with E-state index >= 15 is 0 Å². The maximum Gasteiger partial charge on any atom is 0.328 e. The third kappa shape index (κ3) is 3.06. The van der Waals surface area contributed by atoms with Crippen LogP contribution >= 0.6 is 15.9 Å². The van der Waals surface area contributed by atoms with Crippen LogP contribution in [0.4, 0.5) is 0 Å². The van der Waals surface area contributed by atoms with Crippen LogP contribution in [0.15, 0.2) is 28.7 Å². The van der Waals surface area contributed by atoms with Crippen LogP contribution in [0, 0.1) is 0 Å². The lowest BCUT2D eigenvalue weighted by Gasteiger charge is -2.09. The zero-order valence-electron chi connectivity index (χ0n) is 9.11. The Morgan fingerprint density at radius 2 is 2.24 bits per heavy atom. The Morgan fingerprint density at radius 3 is 2.88 bits per heavy atom. The first-order valence-corrected chi connectivity index (χ1v) is 6.15. The predicted octanol–water partition coefficient (Wildman–Crippen LogP) is 1.42. The lowest BCUT2D eigenvalue weighted by Crippen LogP contribution is -2.38. The Balaban J connectivity index is 1.93. The van der Waals surface area contributed by atoms with Gasteiger partial charge in [-0.05, 0) is 11.6 Å². The van der Waals surface area contributed by atoms with E-state index in [0.717, 1.165) is 10.0 Å². The van der Waals surface area contributed by atoms with Crippen molar-refractivity contribution in [2.75, 3.05) is 6.61 Å². The Hall–Kier alpha value is -1.36. The van der Waals surface area contributed by atoms with Gasteiger partial charge in [0.05, 0.1) is 13.0 Å². The fraction of sp³-hybridized carbons (Fsp3) is 0.333. The highest BCUT2D eigenvalue weighted by molar-refractivity contribution is 9.10. The number of hydrogen-bond acceptors (Lipinski definition) is 3. The predicted molar refractivity (Wildman–Crippen MR) is 65.4 cm³/mol. The number of amides is 1. The van der Waals surface area contributed by atoms with Gasteiger partial charge in [0, 0.05) is 10.9 Å². The molecule has 17 heavy (non-hydrogen) atoms. The summed E-state index contributed by atoms with van der Waals surface area (Å²) < 4.78 is 5.67. The third-order valence-corrected chi connectivity index (χ3v) is 3.35. The number of ether oxygens (including phenoxy) is 1. The minimum Gasteiger partial charge on any atom is -0.464 e. The molecule has 1 aromatic rings. The van der Waals surface area contributed by atoms with Crippen LogP contribution in [0.3, 0.4) is 0 Å². The second-order valence-corrected chi connectivity index (χ2v) is 4.70. The molecule has 1 aromatic carbocycles. The van der Waals surface area contributed by atoms with Crippen molar-refractivity contribution in [1.29, 1.82) is 0 Å². The standard InChI is InChI=1S/C12H12BrNO3/c13-9-4-2-1-3-8(9)7-11(15)14-10-5-6-17-12(10)16/h1-4,10H,5-7H2,(H,14,15)/t10-/m1/s1.